The van der Waals surface area contributed by atoms with Crippen LogP contribution in [0.25, 0.3) is 0 Å². The Labute approximate surface area is 160 Å². The van der Waals surface area contributed by atoms with E-state index in [2.05, 4.69) is 16.7 Å². The summed E-state index contributed by atoms with van der Waals surface area (Å²) in [4.78, 5) is 19.0. The lowest BCUT2D eigenvalue weighted by atomic mass is 10.1. The number of carbonyl (C=O) groups excluding carboxylic acids is 1. The Kier molecular flexibility index (Phi) is 6.17. The van der Waals surface area contributed by atoms with Crippen LogP contribution in [-0.4, -0.2) is 81.1 Å². The van der Waals surface area contributed by atoms with E-state index in [9.17, 15) is 18.3 Å². The standard InChI is InChI=1S/C18H28N4O4S/c1-2-15(13-23)21-9-7-20(8-10-21)12-18(24)22-6-5-14-11-16(27(19,25)26)3-4-17(14)22/h3-4,11,15,23H,2,5-10,12-13H2,1H3,(H2,19,25,26). The Morgan fingerprint density at radius 2 is 1.93 bits per heavy atom. The first-order chi connectivity index (χ1) is 12.8. The number of primary sulfonamides is 1. The van der Waals surface area contributed by atoms with Gasteiger partial charge in [0, 0.05) is 44.5 Å². The van der Waals surface area contributed by atoms with Crippen LogP contribution in [0.15, 0.2) is 23.1 Å². The number of nitrogens with two attached hydrogens (primary N) is 1. The second kappa shape index (κ2) is 8.24. The lowest BCUT2D eigenvalue weighted by molar-refractivity contribution is -0.120. The van der Waals surface area contributed by atoms with E-state index in [1.807, 2.05) is 0 Å². The Bertz CT molecular complexity index is 787. The number of nitrogens with zero attached hydrogens (tertiary/aromatic N) is 3. The van der Waals surface area contributed by atoms with Gasteiger partial charge < -0.3 is 10.0 Å². The summed E-state index contributed by atoms with van der Waals surface area (Å²) in [5.74, 6) is 0.0276. The molecule has 9 heteroatoms. The summed E-state index contributed by atoms with van der Waals surface area (Å²) in [6.07, 6.45) is 1.55. The van der Waals surface area contributed by atoms with Crippen LogP contribution in [0.4, 0.5) is 5.69 Å². The fourth-order valence-corrected chi connectivity index (χ4v) is 4.44. The number of fused-ring (bicyclic) bond motifs is 1. The molecule has 0 aromatic heterocycles. The average Bonchev–Trinajstić information content (AvgIpc) is 3.07. The third-order valence-electron chi connectivity index (χ3n) is 5.54. The van der Waals surface area contributed by atoms with Gasteiger partial charge in [0.15, 0.2) is 0 Å². The molecule has 2 aliphatic rings. The second-order valence-electron chi connectivity index (χ2n) is 7.19. The molecule has 0 spiro atoms. The van der Waals surface area contributed by atoms with Crippen molar-refractivity contribution in [1.82, 2.24) is 9.80 Å². The van der Waals surface area contributed by atoms with Gasteiger partial charge in [-0.15, -0.1) is 0 Å². The molecule has 27 heavy (non-hydrogen) atoms. The SMILES string of the molecule is CCC(CO)N1CCN(CC(=O)N2CCc3cc(S(N)(=O)=O)ccc32)CC1. The minimum absolute atomic E-state index is 0.0276. The Morgan fingerprint density at radius 1 is 1.22 bits per heavy atom. The first-order valence-corrected chi connectivity index (χ1v) is 10.9. The smallest absolute Gasteiger partial charge is 0.241 e. The topological polar surface area (TPSA) is 107 Å². The van der Waals surface area contributed by atoms with E-state index in [-0.39, 0.29) is 23.5 Å². The summed E-state index contributed by atoms with van der Waals surface area (Å²) in [5.41, 5.74) is 1.62. The van der Waals surface area contributed by atoms with Crippen LogP contribution in [0.2, 0.25) is 0 Å². The van der Waals surface area contributed by atoms with Crippen LogP contribution >= 0.6 is 0 Å². The predicted octanol–water partition coefficient (Wildman–Crippen LogP) is -0.388. The third kappa shape index (κ3) is 4.49. The molecule has 8 nitrogen and oxygen atoms in total. The molecule has 0 radical (unpaired) electrons. The molecule has 0 saturated carbocycles. The minimum atomic E-state index is -3.74. The maximum atomic E-state index is 12.8. The molecule has 2 aliphatic heterocycles. The van der Waals surface area contributed by atoms with Gasteiger partial charge in [0.25, 0.3) is 0 Å². The van der Waals surface area contributed by atoms with Crippen molar-refractivity contribution in [3.63, 3.8) is 0 Å². The van der Waals surface area contributed by atoms with E-state index in [4.69, 9.17) is 5.14 Å². The molecule has 150 valence electrons. The minimum Gasteiger partial charge on any atom is -0.395 e. The summed E-state index contributed by atoms with van der Waals surface area (Å²) in [5, 5.41) is 14.6. The highest BCUT2D eigenvalue weighted by atomic mass is 32.2. The van der Waals surface area contributed by atoms with Gasteiger partial charge in [-0.05, 0) is 36.6 Å². The molecule has 2 heterocycles. The number of amides is 1. The van der Waals surface area contributed by atoms with Crippen LogP contribution in [-0.2, 0) is 21.2 Å². The zero-order chi connectivity index (χ0) is 19.6. The van der Waals surface area contributed by atoms with Crippen LogP contribution in [0.1, 0.15) is 18.9 Å². The number of piperazine rings is 1. The van der Waals surface area contributed by atoms with Crippen molar-refractivity contribution in [2.45, 2.75) is 30.7 Å². The van der Waals surface area contributed by atoms with Gasteiger partial charge >= 0.3 is 0 Å². The summed E-state index contributed by atoms with van der Waals surface area (Å²) >= 11 is 0. The molecular formula is C18H28N4O4S. The van der Waals surface area contributed by atoms with Crippen molar-refractivity contribution in [3.05, 3.63) is 23.8 Å². The highest BCUT2D eigenvalue weighted by Crippen LogP contribution is 2.30. The number of benzene rings is 1. The molecule has 3 rings (SSSR count). The van der Waals surface area contributed by atoms with Gasteiger partial charge in [-0.3, -0.25) is 14.6 Å². The highest BCUT2D eigenvalue weighted by molar-refractivity contribution is 7.89. The van der Waals surface area contributed by atoms with Gasteiger partial charge in [0.05, 0.1) is 18.0 Å². The third-order valence-corrected chi connectivity index (χ3v) is 6.45. The number of sulfonamides is 1. The molecule has 1 unspecified atom stereocenters. The number of carbonyl (C=O) groups is 1. The van der Waals surface area contributed by atoms with Crippen LogP contribution in [0.5, 0.6) is 0 Å². The quantitative estimate of drug-likeness (QED) is 0.678. The van der Waals surface area contributed by atoms with E-state index in [0.717, 1.165) is 43.9 Å². The largest absolute Gasteiger partial charge is 0.395 e. The normalized spacial score (nSPS) is 19.9. The number of aliphatic hydroxyl groups is 1. The lowest BCUT2D eigenvalue weighted by Gasteiger charge is -2.38. The van der Waals surface area contributed by atoms with E-state index in [1.165, 1.54) is 6.07 Å². The van der Waals surface area contributed by atoms with E-state index in [1.54, 1.807) is 17.0 Å². The van der Waals surface area contributed by atoms with Crippen molar-refractivity contribution in [2.24, 2.45) is 5.14 Å². The first kappa shape index (κ1) is 20.2. The average molecular weight is 397 g/mol. The summed E-state index contributed by atoms with van der Waals surface area (Å²) in [6, 6.07) is 4.89. The Hall–Kier alpha value is -1.52. The zero-order valence-corrected chi connectivity index (χ0v) is 16.5. The van der Waals surface area contributed by atoms with Crippen molar-refractivity contribution in [2.75, 3.05) is 50.8 Å². The second-order valence-corrected chi connectivity index (χ2v) is 8.75. The lowest BCUT2D eigenvalue weighted by Crippen LogP contribution is -2.53. The number of rotatable bonds is 6. The fourth-order valence-electron chi connectivity index (χ4n) is 3.88. The number of aliphatic hydroxyl groups excluding tert-OH is 1. The zero-order valence-electron chi connectivity index (χ0n) is 15.7. The maximum Gasteiger partial charge on any atom is 0.241 e. The molecule has 1 aromatic carbocycles. The summed E-state index contributed by atoms with van der Waals surface area (Å²) < 4.78 is 23.0. The van der Waals surface area contributed by atoms with E-state index < -0.39 is 10.0 Å². The van der Waals surface area contributed by atoms with Crippen molar-refractivity contribution in [1.29, 1.82) is 0 Å². The molecule has 1 amide bonds. The van der Waals surface area contributed by atoms with Crippen molar-refractivity contribution < 1.29 is 18.3 Å². The predicted molar refractivity (Wildman–Crippen MR) is 103 cm³/mol. The number of hydrogen-bond acceptors (Lipinski definition) is 6. The molecule has 1 atom stereocenters. The van der Waals surface area contributed by atoms with E-state index in [0.29, 0.717) is 19.5 Å². The number of anilines is 1. The molecule has 1 saturated heterocycles. The first-order valence-electron chi connectivity index (χ1n) is 9.37. The summed E-state index contributed by atoms with van der Waals surface area (Å²) in [7, 11) is -3.74. The van der Waals surface area contributed by atoms with Crippen LogP contribution in [0, 0.1) is 0 Å². The molecule has 3 N–H and O–H groups in total. The molecule has 0 aliphatic carbocycles. The van der Waals surface area contributed by atoms with E-state index >= 15 is 0 Å². The van der Waals surface area contributed by atoms with Crippen molar-refractivity contribution in [3.8, 4) is 0 Å². The Morgan fingerprint density at radius 3 is 2.52 bits per heavy atom. The molecule has 1 aromatic rings. The van der Waals surface area contributed by atoms with Crippen LogP contribution in [0.3, 0.4) is 0 Å². The summed E-state index contributed by atoms with van der Waals surface area (Å²) in [6.45, 7) is 6.44. The maximum absolute atomic E-state index is 12.8. The van der Waals surface area contributed by atoms with Crippen molar-refractivity contribution >= 4 is 21.6 Å². The number of hydrogen-bond donors (Lipinski definition) is 2. The van der Waals surface area contributed by atoms with Gasteiger partial charge in [0.2, 0.25) is 15.9 Å². The molecular weight excluding hydrogens is 368 g/mol. The highest BCUT2D eigenvalue weighted by Gasteiger charge is 2.29. The molecule has 1 fully saturated rings. The van der Waals surface area contributed by atoms with Gasteiger partial charge in [-0.2, -0.15) is 0 Å². The van der Waals surface area contributed by atoms with Crippen LogP contribution < -0.4 is 10.0 Å². The molecule has 0 bridgehead atoms. The fraction of sp³-hybridized carbons (Fsp3) is 0.611. The monoisotopic (exact) mass is 396 g/mol. The van der Waals surface area contributed by atoms with Gasteiger partial charge in [-0.25, -0.2) is 13.6 Å². The Balaban J connectivity index is 1.60. The van der Waals surface area contributed by atoms with Gasteiger partial charge in [0.1, 0.15) is 0 Å². The van der Waals surface area contributed by atoms with Gasteiger partial charge in [-0.1, -0.05) is 6.92 Å².